The minimum atomic E-state index is -0.376. The summed E-state index contributed by atoms with van der Waals surface area (Å²) in [6.07, 6.45) is 0.213. The van der Waals surface area contributed by atoms with Crippen molar-refractivity contribution in [3.05, 3.63) is 53.9 Å². The lowest BCUT2D eigenvalue weighted by Gasteiger charge is -2.17. The molecule has 1 N–H and O–H groups in total. The van der Waals surface area contributed by atoms with E-state index in [1.807, 2.05) is 31.2 Å². The Labute approximate surface area is 150 Å². The van der Waals surface area contributed by atoms with Gasteiger partial charge in [-0.3, -0.25) is 9.59 Å². The van der Waals surface area contributed by atoms with E-state index in [0.29, 0.717) is 29.2 Å². The number of hydrogen-bond donors (Lipinski definition) is 1. The molecule has 26 heavy (non-hydrogen) atoms. The molecule has 3 aromatic rings. The Morgan fingerprint density at radius 2 is 1.96 bits per heavy atom. The van der Waals surface area contributed by atoms with Crippen molar-refractivity contribution < 1.29 is 14.0 Å². The van der Waals surface area contributed by atoms with Crippen molar-refractivity contribution in [2.75, 3.05) is 16.8 Å². The van der Waals surface area contributed by atoms with Crippen molar-refractivity contribution in [2.45, 2.75) is 20.3 Å². The van der Waals surface area contributed by atoms with Crippen LogP contribution in [0, 0.1) is 19.8 Å². The maximum atomic E-state index is 12.6. The van der Waals surface area contributed by atoms with Gasteiger partial charge in [0.1, 0.15) is 5.52 Å². The molecule has 0 spiro atoms. The van der Waals surface area contributed by atoms with Gasteiger partial charge in [0.15, 0.2) is 11.5 Å². The van der Waals surface area contributed by atoms with Crippen molar-refractivity contribution in [1.82, 2.24) is 4.98 Å². The number of nitrogens with zero attached hydrogens (tertiary/aromatic N) is 2. The lowest BCUT2D eigenvalue weighted by Crippen LogP contribution is -2.28. The lowest BCUT2D eigenvalue weighted by atomic mass is 10.1. The summed E-state index contributed by atoms with van der Waals surface area (Å²) in [6, 6.07) is 13.1. The number of carbonyl (C=O) groups excluding carboxylic acids is 2. The third kappa shape index (κ3) is 3.06. The summed E-state index contributed by atoms with van der Waals surface area (Å²) in [5, 5.41) is 2.89. The highest BCUT2D eigenvalue weighted by Gasteiger charge is 2.35. The van der Waals surface area contributed by atoms with Gasteiger partial charge >= 0.3 is 0 Å². The minimum Gasteiger partial charge on any atom is -0.441 e. The van der Waals surface area contributed by atoms with Gasteiger partial charge in [-0.1, -0.05) is 17.7 Å². The van der Waals surface area contributed by atoms with Crippen LogP contribution < -0.4 is 10.2 Å². The molecule has 1 atom stereocenters. The molecule has 1 aliphatic heterocycles. The van der Waals surface area contributed by atoms with Crippen LogP contribution in [0.25, 0.3) is 11.1 Å². The molecule has 1 saturated heterocycles. The van der Waals surface area contributed by atoms with Crippen LogP contribution in [0.15, 0.2) is 46.9 Å². The molecule has 1 aliphatic rings. The van der Waals surface area contributed by atoms with Crippen molar-refractivity contribution in [3.63, 3.8) is 0 Å². The number of fused-ring (bicyclic) bond motifs is 1. The fourth-order valence-corrected chi connectivity index (χ4v) is 3.22. The molecular formula is C20H19N3O3. The summed E-state index contributed by atoms with van der Waals surface area (Å²) in [5.41, 5.74) is 3.99. The van der Waals surface area contributed by atoms with E-state index in [4.69, 9.17) is 4.42 Å². The third-order valence-corrected chi connectivity index (χ3v) is 4.60. The predicted octanol–water partition coefficient (Wildman–Crippen LogP) is 3.44. The van der Waals surface area contributed by atoms with Gasteiger partial charge in [0.05, 0.1) is 5.92 Å². The van der Waals surface area contributed by atoms with E-state index in [1.165, 1.54) is 0 Å². The Hall–Kier alpha value is -3.15. The highest BCUT2D eigenvalue weighted by molar-refractivity contribution is 6.03. The first-order chi connectivity index (χ1) is 12.5. The second kappa shape index (κ2) is 6.29. The number of amides is 2. The third-order valence-electron chi connectivity index (χ3n) is 4.60. The summed E-state index contributed by atoms with van der Waals surface area (Å²) < 4.78 is 5.44. The van der Waals surface area contributed by atoms with E-state index < -0.39 is 0 Å². The number of rotatable bonds is 3. The highest BCUT2D eigenvalue weighted by Crippen LogP contribution is 2.27. The van der Waals surface area contributed by atoms with Gasteiger partial charge in [-0.05, 0) is 37.3 Å². The zero-order valence-corrected chi connectivity index (χ0v) is 14.7. The van der Waals surface area contributed by atoms with E-state index in [0.717, 1.165) is 11.3 Å². The number of benzene rings is 2. The average Bonchev–Trinajstić information content (AvgIpc) is 3.17. The van der Waals surface area contributed by atoms with Crippen LogP contribution in [0.3, 0.4) is 0 Å². The SMILES string of the molecule is Cc1ccc(N2C[C@H](C(=O)Nc3ccc4oc(C)nc4c3)CC2=O)cc1. The van der Waals surface area contributed by atoms with E-state index in [-0.39, 0.29) is 24.2 Å². The van der Waals surface area contributed by atoms with Crippen molar-refractivity contribution in [3.8, 4) is 0 Å². The Morgan fingerprint density at radius 3 is 2.73 bits per heavy atom. The fourth-order valence-electron chi connectivity index (χ4n) is 3.22. The van der Waals surface area contributed by atoms with Crippen molar-refractivity contribution >= 4 is 34.3 Å². The van der Waals surface area contributed by atoms with Crippen LogP contribution in [-0.4, -0.2) is 23.3 Å². The van der Waals surface area contributed by atoms with Crippen LogP contribution >= 0.6 is 0 Å². The molecule has 0 radical (unpaired) electrons. The zero-order chi connectivity index (χ0) is 18.3. The fraction of sp³-hybridized carbons (Fsp3) is 0.250. The van der Waals surface area contributed by atoms with Crippen molar-refractivity contribution in [1.29, 1.82) is 0 Å². The number of nitrogens with one attached hydrogen (secondary N) is 1. The largest absolute Gasteiger partial charge is 0.441 e. The quantitative estimate of drug-likeness (QED) is 0.786. The Bertz CT molecular complexity index is 991. The van der Waals surface area contributed by atoms with Gasteiger partial charge < -0.3 is 14.6 Å². The number of aromatic nitrogens is 1. The molecule has 4 rings (SSSR count). The van der Waals surface area contributed by atoms with E-state index in [2.05, 4.69) is 10.3 Å². The van der Waals surface area contributed by atoms with Gasteiger partial charge in [0, 0.05) is 31.3 Å². The first-order valence-corrected chi connectivity index (χ1v) is 8.55. The van der Waals surface area contributed by atoms with Crippen LogP contribution in [-0.2, 0) is 9.59 Å². The molecule has 0 bridgehead atoms. The summed E-state index contributed by atoms with van der Waals surface area (Å²) in [6.45, 7) is 4.17. The minimum absolute atomic E-state index is 0.0309. The van der Waals surface area contributed by atoms with E-state index in [9.17, 15) is 9.59 Å². The molecule has 132 valence electrons. The zero-order valence-electron chi connectivity index (χ0n) is 14.7. The second-order valence-electron chi connectivity index (χ2n) is 6.65. The number of aryl methyl sites for hydroxylation is 2. The van der Waals surface area contributed by atoms with Gasteiger partial charge in [0.25, 0.3) is 0 Å². The Kier molecular flexibility index (Phi) is 3.95. The Balaban J connectivity index is 1.47. The van der Waals surface area contributed by atoms with Gasteiger partial charge in [-0.2, -0.15) is 0 Å². The monoisotopic (exact) mass is 349 g/mol. The topological polar surface area (TPSA) is 75.4 Å². The summed E-state index contributed by atoms with van der Waals surface area (Å²) >= 11 is 0. The smallest absolute Gasteiger partial charge is 0.229 e. The summed E-state index contributed by atoms with van der Waals surface area (Å²) in [7, 11) is 0. The maximum absolute atomic E-state index is 12.6. The molecular weight excluding hydrogens is 330 g/mol. The van der Waals surface area contributed by atoms with Crippen LogP contribution in [0.5, 0.6) is 0 Å². The molecule has 1 aromatic heterocycles. The first-order valence-electron chi connectivity index (χ1n) is 8.55. The van der Waals surface area contributed by atoms with Crippen LogP contribution in [0.4, 0.5) is 11.4 Å². The molecule has 2 heterocycles. The molecule has 0 unspecified atom stereocenters. The first kappa shape index (κ1) is 16.3. The van der Waals surface area contributed by atoms with Gasteiger partial charge in [0.2, 0.25) is 11.8 Å². The molecule has 6 nitrogen and oxygen atoms in total. The molecule has 0 aliphatic carbocycles. The molecule has 1 fully saturated rings. The predicted molar refractivity (Wildman–Crippen MR) is 99.0 cm³/mol. The van der Waals surface area contributed by atoms with Crippen molar-refractivity contribution in [2.24, 2.45) is 5.92 Å². The normalized spacial score (nSPS) is 17.1. The number of carbonyl (C=O) groups is 2. The van der Waals surface area contributed by atoms with Crippen LogP contribution in [0.1, 0.15) is 17.9 Å². The maximum Gasteiger partial charge on any atom is 0.229 e. The molecule has 0 saturated carbocycles. The second-order valence-corrected chi connectivity index (χ2v) is 6.65. The Morgan fingerprint density at radius 1 is 1.19 bits per heavy atom. The summed E-state index contributed by atoms with van der Waals surface area (Å²) in [5.74, 6) is 0.0151. The molecule has 6 heteroatoms. The lowest BCUT2D eigenvalue weighted by molar-refractivity contribution is -0.122. The summed E-state index contributed by atoms with van der Waals surface area (Å²) in [4.78, 5) is 30.9. The van der Waals surface area contributed by atoms with Gasteiger partial charge in [-0.15, -0.1) is 0 Å². The molecule has 2 aromatic carbocycles. The number of hydrogen-bond acceptors (Lipinski definition) is 4. The average molecular weight is 349 g/mol. The van der Waals surface area contributed by atoms with E-state index >= 15 is 0 Å². The molecule has 2 amide bonds. The highest BCUT2D eigenvalue weighted by atomic mass is 16.3. The van der Waals surface area contributed by atoms with Crippen LogP contribution in [0.2, 0.25) is 0 Å². The number of anilines is 2. The standard InChI is InChI=1S/C20H19N3O3/c1-12-3-6-16(7-4-12)23-11-14(9-19(23)24)20(25)22-15-5-8-18-17(10-15)21-13(2)26-18/h3-8,10,14H,9,11H2,1-2H3,(H,22,25)/t14-/m1/s1. The van der Waals surface area contributed by atoms with E-state index in [1.54, 1.807) is 30.0 Å². The number of oxazole rings is 1. The van der Waals surface area contributed by atoms with Gasteiger partial charge in [-0.25, -0.2) is 4.98 Å².